The van der Waals surface area contributed by atoms with Crippen LogP contribution in [0.3, 0.4) is 0 Å². The van der Waals surface area contributed by atoms with Crippen molar-refractivity contribution in [3.05, 3.63) is 130 Å². The normalized spacial score (nSPS) is 13.3. The van der Waals surface area contributed by atoms with Gasteiger partial charge in [0, 0.05) is 54.1 Å². The molecule has 54 heavy (non-hydrogen) atoms. The van der Waals surface area contributed by atoms with Crippen molar-refractivity contribution in [2.24, 2.45) is 0 Å². The SMILES string of the molecule is Cc1ccc(S(=O)(=O)O)cc1.Cc1ccc(S(=O)(=O)O)cc1.O.O=c1ccc2ccc(OCCCCN3CCN(c4cccc5sccc45)CC3)cc2[nH]1. The number of benzene rings is 4. The highest BCUT2D eigenvalue weighted by molar-refractivity contribution is 7.86. The highest BCUT2D eigenvalue weighted by Crippen LogP contribution is 2.31. The van der Waals surface area contributed by atoms with E-state index in [1.54, 1.807) is 30.3 Å². The van der Waals surface area contributed by atoms with Gasteiger partial charge in [-0.15, -0.1) is 11.3 Å². The zero-order valence-corrected chi connectivity index (χ0v) is 32.5. The van der Waals surface area contributed by atoms with Gasteiger partial charge in [0.05, 0.1) is 21.9 Å². The van der Waals surface area contributed by atoms with Crippen LogP contribution in [0.4, 0.5) is 5.69 Å². The van der Waals surface area contributed by atoms with E-state index >= 15 is 0 Å². The van der Waals surface area contributed by atoms with E-state index in [1.165, 1.54) is 40.0 Å². The molecule has 0 radical (unpaired) electrons. The Kier molecular flexibility index (Phi) is 14.9. The molecule has 1 saturated heterocycles. The summed E-state index contributed by atoms with van der Waals surface area (Å²) in [7, 11) is -8.04. The van der Waals surface area contributed by atoms with Crippen molar-refractivity contribution in [2.45, 2.75) is 36.5 Å². The second-order valence-electron chi connectivity index (χ2n) is 12.6. The van der Waals surface area contributed by atoms with Crippen molar-refractivity contribution in [1.29, 1.82) is 0 Å². The van der Waals surface area contributed by atoms with Crippen LogP contribution < -0.4 is 15.2 Å². The van der Waals surface area contributed by atoms with Crippen molar-refractivity contribution in [3.63, 3.8) is 0 Å². The average Bonchev–Trinajstić information content (AvgIpc) is 3.61. The maximum atomic E-state index is 11.5. The Hall–Kier alpha value is -4.61. The van der Waals surface area contributed by atoms with Crippen LogP contribution in [0.15, 0.2) is 123 Å². The molecule has 3 heterocycles. The first-order valence-electron chi connectivity index (χ1n) is 17.0. The first-order chi connectivity index (χ1) is 25.3. The van der Waals surface area contributed by atoms with Crippen LogP contribution in [0.5, 0.6) is 5.75 Å². The molecule has 15 heteroatoms. The molecule has 4 aromatic carbocycles. The van der Waals surface area contributed by atoms with Gasteiger partial charge in [0.25, 0.3) is 20.2 Å². The van der Waals surface area contributed by atoms with Gasteiger partial charge in [-0.1, -0.05) is 41.5 Å². The fourth-order valence-corrected chi connectivity index (χ4v) is 7.50. The summed E-state index contributed by atoms with van der Waals surface area (Å²) in [5, 5.41) is 4.58. The first kappa shape index (κ1) is 42.1. The second-order valence-corrected chi connectivity index (χ2v) is 16.4. The number of aromatic nitrogens is 1. The van der Waals surface area contributed by atoms with Gasteiger partial charge in [-0.25, -0.2) is 0 Å². The smallest absolute Gasteiger partial charge is 0.294 e. The van der Waals surface area contributed by atoms with Crippen LogP contribution in [0, 0.1) is 13.8 Å². The molecule has 5 N–H and O–H groups in total. The van der Waals surface area contributed by atoms with Gasteiger partial charge in [-0.3, -0.25) is 18.8 Å². The lowest BCUT2D eigenvalue weighted by Crippen LogP contribution is -2.46. The second kappa shape index (κ2) is 19.1. The Morgan fingerprint density at radius 1 is 0.741 bits per heavy atom. The van der Waals surface area contributed by atoms with Gasteiger partial charge in [0.1, 0.15) is 5.75 Å². The van der Waals surface area contributed by atoms with E-state index in [1.807, 2.05) is 49.4 Å². The number of thiophene rings is 1. The topological polar surface area (TPSA) is 189 Å². The number of aromatic amines is 1. The molecule has 0 spiro atoms. The van der Waals surface area contributed by atoms with Crippen LogP contribution in [0.2, 0.25) is 0 Å². The molecule has 0 unspecified atom stereocenters. The zero-order chi connectivity index (χ0) is 38.0. The number of hydrogen-bond acceptors (Lipinski definition) is 9. The number of nitrogens with zero attached hydrogens (tertiary/aromatic N) is 2. The number of aryl methyl sites for hydroxylation is 2. The summed E-state index contributed by atoms with van der Waals surface area (Å²) in [6.07, 6.45) is 2.16. The first-order valence-corrected chi connectivity index (χ1v) is 20.8. The minimum Gasteiger partial charge on any atom is -0.494 e. The molecule has 288 valence electrons. The fourth-order valence-electron chi connectivity index (χ4n) is 5.73. The molecular formula is C39H45N3O9S3. The van der Waals surface area contributed by atoms with Crippen LogP contribution in [0.25, 0.3) is 21.0 Å². The number of unbranched alkanes of at least 4 members (excludes halogenated alkanes) is 1. The number of anilines is 1. The van der Waals surface area contributed by atoms with Crippen LogP contribution in [-0.2, 0) is 20.2 Å². The standard InChI is InChI=1S/C25H27N3O2S.2C7H8O3S.H2O/c29-25-9-7-19-6-8-20(18-22(19)26-25)30-16-2-1-11-27-12-14-28(15-13-27)23-4-3-5-24-21(23)10-17-31-24;2*1-6-2-4-7(5-3-6)11(8,9)10;/h3-10,17-18H,1-2,11-16H2,(H,26,29);2*2-5H,1H3,(H,8,9,10);1H2. The summed E-state index contributed by atoms with van der Waals surface area (Å²) in [6.45, 7) is 9.88. The Labute approximate surface area is 319 Å². The van der Waals surface area contributed by atoms with Crippen LogP contribution >= 0.6 is 11.3 Å². The lowest BCUT2D eigenvalue weighted by Gasteiger charge is -2.36. The van der Waals surface area contributed by atoms with E-state index in [9.17, 15) is 21.6 Å². The number of pyridine rings is 1. The zero-order valence-electron chi connectivity index (χ0n) is 30.0. The molecule has 0 saturated carbocycles. The third kappa shape index (κ3) is 12.2. The molecule has 7 rings (SSSR count). The fraction of sp³-hybridized carbons (Fsp3) is 0.256. The molecule has 12 nitrogen and oxygen atoms in total. The number of hydrogen-bond donors (Lipinski definition) is 3. The number of rotatable bonds is 9. The predicted octanol–water partition coefficient (Wildman–Crippen LogP) is 6.38. The van der Waals surface area contributed by atoms with Crippen molar-refractivity contribution in [3.8, 4) is 5.75 Å². The number of piperazine rings is 1. The van der Waals surface area contributed by atoms with Gasteiger partial charge in [-0.2, -0.15) is 16.8 Å². The number of H-pyrrole nitrogens is 1. The van der Waals surface area contributed by atoms with E-state index in [4.69, 9.17) is 13.8 Å². The van der Waals surface area contributed by atoms with Crippen molar-refractivity contribution in [2.75, 3.05) is 44.2 Å². The van der Waals surface area contributed by atoms with E-state index in [0.717, 1.165) is 73.3 Å². The van der Waals surface area contributed by atoms with E-state index < -0.39 is 20.2 Å². The molecule has 6 aromatic rings. The number of nitrogens with one attached hydrogen (secondary N) is 1. The van der Waals surface area contributed by atoms with Crippen molar-refractivity contribution >= 4 is 58.2 Å². The summed E-state index contributed by atoms with van der Waals surface area (Å²) < 4.78 is 66.4. The van der Waals surface area contributed by atoms with Crippen molar-refractivity contribution < 1.29 is 36.2 Å². The summed E-state index contributed by atoms with van der Waals surface area (Å²) in [6, 6.07) is 30.1. The lowest BCUT2D eigenvalue weighted by atomic mass is 10.2. The van der Waals surface area contributed by atoms with E-state index in [2.05, 4.69) is 44.4 Å². The van der Waals surface area contributed by atoms with Gasteiger partial charge in [-0.05, 0) is 105 Å². The third-order valence-electron chi connectivity index (χ3n) is 8.66. The lowest BCUT2D eigenvalue weighted by molar-refractivity contribution is 0.239. The van der Waals surface area contributed by atoms with E-state index in [-0.39, 0.29) is 20.8 Å². The minimum atomic E-state index is -4.02. The monoisotopic (exact) mass is 795 g/mol. The Morgan fingerprint density at radius 3 is 1.93 bits per heavy atom. The third-order valence-corrected chi connectivity index (χ3v) is 11.3. The maximum Gasteiger partial charge on any atom is 0.294 e. The summed E-state index contributed by atoms with van der Waals surface area (Å²) in [5.41, 5.74) is 4.02. The Balaban J connectivity index is 0.000000232. The molecule has 1 aliphatic heterocycles. The molecule has 1 aliphatic rings. The summed E-state index contributed by atoms with van der Waals surface area (Å²) in [4.78, 5) is 19.3. The van der Waals surface area contributed by atoms with Gasteiger partial charge in [0.15, 0.2) is 0 Å². The molecule has 0 amide bonds. The highest BCUT2D eigenvalue weighted by Gasteiger charge is 2.18. The molecular weight excluding hydrogens is 751 g/mol. The maximum absolute atomic E-state index is 11.5. The minimum absolute atomic E-state index is 0. The summed E-state index contributed by atoms with van der Waals surface area (Å²) in [5.74, 6) is 0.811. The van der Waals surface area contributed by atoms with E-state index in [0.29, 0.717) is 6.61 Å². The molecule has 1 fully saturated rings. The van der Waals surface area contributed by atoms with Crippen LogP contribution in [-0.4, -0.2) is 80.6 Å². The number of ether oxygens (including phenoxy) is 1. The molecule has 0 aliphatic carbocycles. The summed E-state index contributed by atoms with van der Waals surface area (Å²) >= 11 is 1.82. The predicted molar refractivity (Wildman–Crippen MR) is 215 cm³/mol. The largest absolute Gasteiger partial charge is 0.494 e. The molecule has 0 atom stereocenters. The van der Waals surface area contributed by atoms with Gasteiger partial charge >= 0.3 is 0 Å². The van der Waals surface area contributed by atoms with Gasteiger partial charge in [0.2, 0.25) is 5.56 Å². The van der Waals surface area contributed by atoms with Crippen LogP contribution in [0.1, 0.15) is 24.0 Å². The quantitative estimate of drug-likeness (QED) is 0.109. The van der Waals surface area contributed by atoms with Gasteiger partial charge < -0.3 is 20.1 Å². The Morgan fingerprint density at radius 2 is 1.33 bits per heavy atom. The number of fused-ring (bicyclic) bond motifs is 2. The highest BCUT2D eigenvalue weighted by atomic mass is 32.2. The average molecular weight is 796 g/mol. The van der Waals surface area contributed by atoms with Crippen molar-refractivity contribution in [1.82, 2.24) is 9.88 Å². The molecule has 0 bridgehead atoms. The molecule has 2 aromatic heterocycles. The Bertz CT molecular complexity index is 2310.